The minimum atomic E-state index is 0.126. The van der Waals surface area contributed by atoms with Gasteiger partial charge < -0.3 is 10.2 Å². The van der Waals surface area contributed by atoms with E-state index in [0.29, 0.717) is 0 Å². The summed E-state index contributed by atoms with van der Waals surface area (Å²) >= 11 is 0. The molecule has 0 aromatic carbocycles. The summed E-state index contributed by atoms with van der Waals surface area (Å²) in [5.74, 6) is 1.92. The number of furan rings is 1. The summed E-state index contributed by atoms with van der Waals surface area (Å²) in [5.41, 5.74) is 7.31. The molecule has 0 fully saturated rings. The van der Waals surface area contributed by atoms with Crippen LogP contribution < -0.4 is 5.73 Å². The molecule has 2 N–H and O–H groups in total. The predicted molar refractivity (Wildman–Crippen MR) is 68.4 cm³/mol. The molecule has 0 aliphatic rings. The van der Waals surface area contributed by atoms with Gasteiger partial charge in [0.2, 0.25) is 0 Å². The molecule has 1 unspecified atom stereocenters. The van der Waals surface area contributed by atoms with Crippen molar-refractivity contribution >= 4 is 0 Å². The molecule has 0 aliphatic carbocycles. The monoisotopic (exact) mass is 221 g/mol. The first-order valence-electron chi connectivity index (χ1n) is 6.08. The molecule has 1 rings (SSSR count). The Morgan fingerprint density at radius 2 is 2.12 bits per heavy atom. The Bertz CT molecular complexity index is 327. The molecular formula is C14H23NO. The third-order valence-electron chi connectivity index (χ3n) is 2.90. The van der Waals surface area contributed by atoms with Crippen LogP contribution in [0.3, 0.4) is 0 Å². The van der Waals surface area contributed by atoms with Gasteiger partial charge in [0.15, 0.2) is 0 Å². The third-order valence-corrected chi connectivity index (χ3v) is 2.90. The van der Waals surface area contributed by atoms with E-state index >= 15 is 0 Å². The lowest BCUT2D eigenvalue weighted by atomic mass is 10.0. The summed E-state index contributed by atoms with van der Waals surface area (Å²) in [6.07, 6.45) is 7.76. The van der Waals surface area contributed by atoms with Gasteiger partial charge in [-0.25, -0.2) is 0 Å². The highest BCUT2D eigenvalue weighted by molar-refractivity contribution is 5.23. The lowest BCUT2D eigenvalue weighted by Crippen LogP contribution is -2.10. The van der Waals surface area contributed by atoms with E-state index in [9.17, 15) is 0 Å². The largest absolute Gasteiger partial charge is 0.466 e. The summed E-state index contributed by atoms with van der Waals surface area (Å²) in [5, 5.41) is 0. The van der Waals surface area contributed by atoms with Crippen molar-refractivity contribution in [2.75, 3.05) is 0 Å². The first-order valence-corrected chi connectivity index (χ1v) is 6.08. The molecule has 1 aromatic rings. The van der Waals surface area contributed by atoms with Gasteiger partial charge in [0, 0.05) is 11.6 Å². The van der Waals surface area contributed by atoms with Crippen LogP contribution in [-0.4, -0.2) is 0 Å². The van der Waals surface area contributed by atoms with E-state index < -0.39 is 0 Å². The van der Waals surface area contributed by atoms with E-state index in [4.69, 9.17) is 10.2 Å². The van der Waals surface area contributed by atoms with Gasteiger partial charge in [-0.1, -0.05) is 18.9 Å². The molecule has 0 saturated heterocycles. The molecule has 2 nitrogen and oxygen atoms in total. The summed E-state index contributed by atoms with van der Waals surface area (Å²) in [4.78, 5) is 0. The molecule has 1 aromatic heterocycles. The molecule has 90 valence electrons. The van der Waals surface area contributed by atoms with Crippen LogP contribution >= 0.6 is 0 Å². The molecule has 2 heteroatoms. The van der Waals surface area contributed by atoms with Crippen LogP contribution in [0.15, 0.2) is 23.1 Å². The lowest BCUT2D eigenvalue weighted by molar-refractivity contribution is 0.492. The standard InChI is InChI=1S/C14H23NO/c1-4-5-6-7-8-9-14(15)13-10-11(2)16-12(13)3/h4,10,14H,1,5-9,15H2,2-3H3. The van der Waals surface area contributed by atoms with E-state index in [1.807, 2.05) is 19.9 Å². The Kier molecular flexibility index (Phi) is 5.33. The molecule has 1 atom stereocenters. The van der Waals surface area contributed by atoms with Gasteiger partial charge in [-0.3, -0.25) is 0 Å². The number of unbranched alkanes of at least 4 members (excludes halogenated alkanes) is 3. The van der Waals surface area contributed by atoms with Gasteiger partial charge in [-0.15, -0.1) is 6.58 Å². The zero-order valence-electron chi connectivity index (χ0n) is 10.5. The molecule has 16 heavy (non-hydrogen) atoms. The lowest BCUT2D eigenvalue weighted by Gasteiger charge is -2.09. The Morgan fingerprint density at radius 1 is 1.38 bits per heavy atom. The Balaban J connectivity index is 2.32. The smallest absolute Gasteiger partial charge is 0.105 e. The van der Waals surface area contributed by atoms with E-state index in [1.54, 1.807) is 0 Å². The highest BCUT2D eigenvalue weighted by Gasteiger charge is 2.12. The van der Waals surface area contributed by atoms with E-state index in [0.717, 1.165) is 24.4 Å². The van der Waals surface area contributed by atoms with Gasteiger partial charge in [-0.2, -0.15) is 0 Å². The van der Waals surface area contributed by atoms with Crippen LogP contribution in [0.5, 0.6) is 0 Å². The second-order valence-electron chi connectivity index (χ2n) is 4.40. The Labute approximate surface area is 98.5 Å². The molecule has 0 radical (unpaired) electrons. The average molecular weight is 221 g/mol. The maximum absolute atomic E-state index is 6.14. The van der Waals surface area contributed by atoms with Gasteiger partial charge in [-0.05, 0) is 39.2 Å². The Hall–Kier alpha value is -1.02. The van der Waals surface area contributed by atoms with Crippen LogP contribution in [0.1, 0.15) is 55.2 Å². The number of rotatable bonds is 7. The quantitative estimate of drug-likeness (QED) is 0.557. The van der Waals surface area contributed by atoms with Crippen molar-refractivity contribution in [3.05, 3.63) is 35.8 Å². The molecule has 0 spiro atoms. The van der Waals surface area contributed by atoms with Crippen LogP contribution in [0.2, 0.25) is 0 Å². The summed E-state index contributed by atoms with van der Waals surface area (Å²) in [7, 11) is 0. The topological polar surface area (TPSA) is 39.2 Å². The fourth-order valence-corrected chi connectivity index (χ4v) is 2.00. The number of allylic oxidation sites excluding steroid dienone is 1. The van der Waals surface area contributed by atoms with Crippen LogP contribution in [0.4, 0.5) is 0 Å². The molecule has 0 bridgehead atoms. The number of aryl methyl sites for hydroxylation is 2. The van der Waals surface area contributed by atoms with Crippen molar-refractivity contribution in [1.29, 1.82) is 0 Å². The van der Waals surface area contributed by atoms with Crippen LogP contribution in [-0.2, 0) is 0 Å². The summed E-state index contributed by atoms with van der Waals surface area (Å²) in [6.45, 7) is 7.67. The second kappa shape index (κ2) is 6.54. The van der Waals surface area contributed by atoms with E-state index in [2.05, 4.69) is 12.6 Å². The highest BCUT2D eigenvalue weighted by atomic mass is 16.3. The molecular weight excluding hydrogens is 198 g/mol. The van der Waals surface area contributed by atoms with Crippen molar-refractivity contribution in [2.24, 2.45) is 5.73 Å². The van der Waals surface area contributed by atoms with Crippen molar-refractivity contribution in [1.82, 2.24) is 0 Å². The van der Waals surface area contributed by atoms with Crippen molar-refractivity contribution in [2.45, 2.75) is 52.0 Å². The SMILES string of the molecule is C=CCCCCCC(N)c1cc(C)oc1C. The fourth-order valence-electron chi connectivity index (χ4n) is 2.00. The second-order valence-corrected chi connectivity index (χ2v) is 4.40. The molecule has 0 amide bonds. The summed E-state index contributed by atoms with van der Waals surface area (Å²) in [6, 6.07) is 2.19. The minimum Gasteiger partial charge on any atom is -0.466 e. The number of nitrogens with two attached hydrogens (primary N) is 1. The van der Waals surface area contributed by atoms with E-state index in [1.165, 1.54) is 24.8 Å². The first-order chi connectivity index (χ1) is 7.65. The van der Waals surface area contributed by atoms with Crippen molar-refractivity contribution < 1.29 is 4.42 Å². The molecule has 1 heterocycles. The van der Waals surface area contributed by atoms with Crippen molar-refractivity contribution in [3.8, 4) is 0 Å². The minimum absolute atomic E-state index is 0.126. The predicted octanol–water partition coefficient (Wildman–Crippen LogP) is 4.03. The van der Waals surface area contributed by atoms with Gasteiger partial charge in [0.1, 0.15) is 11.5 Å². The molecule has 0 saturated carbocycles. The zero-order chi connectivity index (χ0) is 12.0. The maximum atomic E-state index is 6.14. The normalized spacial score (nSPS) is 12.7. The van der Waals surface area contributed by atoms with Gasteiger partial charge in [0.05, 0.1) is 0 Å². The van der Waals surface area contributed by atoms with Crippen LogP contribution in [0.25, 0.3) is 0 Å². The fraction of sp³-hybridized carbons (Fsp3) is 0.571. The third kappa shape index (κ3) is 3.86. The highest BCUT2D eigenvalue weighted by Crippen LogP contribution is 2.23. The first kappa shape index (κ1) is 13.0. The van der Waals surface area contributed by atoms with Gasteiger partial charge in [0.25, 0.3) is 0 Å². The van der Waals surface area contributed by atoms with Gasteiger partial charge >= 0.3 is 0 Å². The maximum Gasteiger partial charge on any atom is 0.105 e. The Morgan fingerprint density at radius 3 is 2.69 bits per heavy atom. The average Bonchev–Trinajstić information content (AvgIpc) is 2.57. The zero-order valence-corrected chi connectivity index (χ0v) is 10.5. The summed E-state index contributed by atoms with van der Waals surface area (Å²) < 4.78 is 5.49. The number of hydrogen-bond donors (Lipinski definition) is 1. The van der Waals surface area contributed by atoms with E-state index in [-0.39, 0.29) is 6.04 Å². The molecule has 0 aliphatic heterocycles. The van der Waals surface area contributed by atoms with Crippen molar-refractivity contribution in [3.63, 3.8) is 0 Å². The van der Waals surface area contributed by atoms with Crippen LogP contribution in [0, 0.1) is 13.8 Å². The number of hydrogen-bond acceptors (Lipinski definition) is 2.